The molecule has 0 aliphatic carbocycles. The van der Waals surface area contributed by atoms with Crippen molar-refractivity contribution in [3.63, 3.8) is 0 Å². The van der Waals surface area contributed by atoms with E-state index in [-0.39, 0.29) is 5.91 Å². The Morgan fingerprint density at radius 2 is 1.82 bits per heavy atom. The first kappa shape index (κ1) is 16.1. The van der Waals surface area contributed by atoms with Crippen LogP contribution in [0.25, 0.3) is 0 Å². The summed E-state index contributed by atoms with van der Waals surface area (Å²) in [6, 6.07) is 13.9. The van der Waals surface area contributed by atoms with Crippen LogP contribution >= 0.6 is 0 Å². The second-order valence-corrected chi connectivity index (χ2v) is 5.57. The smallest absolute Gasteiger partial charge is 0.265 e. The molecule has 0 heterocycles. The van der Waals surface area contributed by atoms with E-state index in [2.05, 4.69) is 12.2 Å². The molecule has 1 amide bonds. The highest BCUT2D eigenvalue weighted by atomic mass is 16.5. The number of hydrogen-bond donors (Lipinski definition) is 1. The molecule has 0 aromatic heterocycles. The van der Waals surface area contributed by atoms with Gasteiger partial charge in [-0.3, -0.25) is 4.79 Å². The van der Waals surface area contributed by atoms with Crippen LogP contribution in [-0.2, 0) is 11.2 Å². The second kappa shape index (κ2) is 7.12. The summed E-state index contributed by atoms with van der Waals surface area (Å²) < 4.78 is 5.79. The summed E-state index contributed by atoms with van der Waals surface area (Å²) in [5.41, 5.74) is 4.18. The number of carbonyl (C=O) groups is 1. The molecule has 0 radical (unpaired) electrons. The minimum Gasteiger partial charge on any atom is -0.481 e. The van der Waals surface area contributed by atoms with E-state index >= 15 is 0 Å². The number of amides is 1. The standard InChI is InChI=1S/C19H23NO2/c1-5-16-8-10-17(11-9-16)20-19(21)15(4)22-18-12-13(2)6-7-14(18)3/h6-12,15H,5H2,1-4H3,(H,20,21). The molecule has 2 aromatic carbocycles. The fraction of sp³-hybridized carbons (Fsp3) is 0.316. The number of anilines is 1. The van der Waals surface area contributed by atoms with Gasteiger partial charge in [0.25, 0.3) is 5.91 Å². The number of nitrogens with one attached hydrogen (secondary N) is 1. The highest BCUT2D eigenvalue weighted by Gasteiger charge is 2.16. The van der Waals surface area contributed by atoms with Crippen molar-refractivity contribution in [2.75, 3.05) is 5.32 Å². The topological polar surface area (TPSA) is 38.3 Å². The molecule has 1 N–H and O–H groups in total. The Labute approximate surface area is 132 Å². The molecule has 1 atom stereocenters. The van der Waals surface area contributed by atoms with Crippen molar-refractivity contribution in [2.45, 2.75) is 40.2 Å². The maximum Gasteiger partial charge on any atom is 0.265 e. The highest BCUT2D eigenvalue weighted by molar-refractivity contribution is 5.94. The Hall–Kier alpha value is -2.29. The van der Waals surface area contributed by atoms with Gasteiger partial charge in [-0.15, -0.1) is 0 Å². The van der Waals surface area contributed by atoms with E-state index in [9.17, 15) is 4.79 Å². The van der Waals surface area contributed by atoms with Crippen LogP contribution in [0.1, 0.15) is 30.5 Å². The van der Waals surface area contributed by atoms with Crippen molar-refractivity contribution in [1.82, 2.24) is 0 Å². The van der Waals surface area contributed by atoms with Crippen LogP contribution in [-0.4, -0.2) is 12.0 Å². The predicted octanol–water partition coefficient (Wildman–Crippen LogP) is 4.27. The van der Waals surface area contributed by atoms with Gasteiger partial charge in [0.15, 0.2) is 6.10 Å². The van der Waals surface area contributed by atoms with E-state index in [1.54, 1.807) is 6.92 Å². The molecule has 0 saturated heterocycles. The normalized spacial score (nSPS) is 11.8. The molecule has 3 nitrogen and oxygen atoms in total. The van der Waals surface area contributed by atoms with Gasteiger partial charge < -0.3 is 10.1 Å². The van der Waals surface area contributed by atoms with E-state index in [0.29, 0.717) is 0 Å². The van der Waals surface area contributed by atoms with Gasteiger partial charge in [0.1, 0.15) is 5.75 Å². The maximum atomic E-state index is 12.2. The second-order valence-electron chi connectivity index (χ2n) is 5.57. The lowest BCUT2D eigenvalue weighted by atomic mass is 10.1. The molecule has 0 bridgehead atoms. The van der Waals surface area contributed by atoms with Crippen molar-refractivity contribution < 1.29 is 9.53 Å². The zero-order chi connectivity index (χ0) is 16.1. The van der Waals surface area contributed by atoms with Crippen molar-refractivity contribution >= 4 is 11.6 Å². The molecule has 0 fully saturated rings. The number of rotatable bonds is 5. The number of aryl methyl sites for hydroxylation is 3. The van der Waals surface area contributed by atoms with E-state index in [4.69, 9.17) is 4.74 Å². The van der Waals surface area contributed by atoms with Crippen molar-refractivity contribution in [2.24, 2.45) is 0 Å². The molecule has 0 aliphatic rings. The number of benzene rings is 2. The first-order valence-electron chi connectivity index (χ1n) is 7.63. The predicted molar refractivity (Wildman–Crippen MR) is 90.5 cm³/mol. The largest absolute Gasteiger partial charge is 0.481 e. The van der Waals surface area contributed by atoms with E-state index in [1.165, 1.54) is 5.56 Å². The van der Waals surface area contributed by atoms with Crippen LogP contribution < -0.4 is 10.1 Å². The molecule has 0 aliphatic heterocycles. The number of carbonyl (C=O) groups excluding carboxylic acids is 1. The maximum absolute atomic E-state index is 12.2. The summed E-state index contributed by atoms with van der Waals surface area (Å²) in [6.45, 7) is 7.85. The summed E-state index contributed by atoms with van der Waals surface area (Å²) in [5, 5.41) is 2.88. The van der Waals surface area contributed by atoms with Gasteiger partial charge in [-0.1, -0.05) is 31.2 Å². The Morgan fingerprint density at radius 1 is 1.14 bits per heavy atom. The van der Waals surface area contributed by atoms with Crippen LogP contribution in [0.15, 0.2) is 42.5 Å². The molecule has 22 heavy (non-hydrogen) atoms. The molecule has 0 spiro atoms. The zero-order valence-corrected chi connectivity index (χ0v) is 13.6. The Balaban J connectivity index is 2.00. The van der Waals surface area contributed by atoms with Gasteiger partial charge in [0, 0.05) is 5.69 Å². The summed E-state index contributed by atoms with van der Waals surface area (Å²) in [6.07, 6.45) is 0.437. The van der Waals surface area contributed by atoms with Gasteiger partial charge in [0.05, 0.1) is 0 Å². The minimum absolute atomic E-state index is 0.148. The van der Waals surface area contributed by atoms with Gasteiger partial charge in [-0.05, 0) is 62.1 Å². The van der Waals surface area contributed by atoms with Crippen LogP contribution in [0, 0.1) is 13.8 Å². The average Bonchev–Trinajstić information content (AvgIpc) is 2.51. The van der Waals surface area contributed by atoms with Gasteiger partial charge in [0.2, 0.25) is 0 Å². The first-order chi connectivity index (χ1) is 10.5. The van der Waals surface area contributed by atoms with Crippen LogP contribution in [0.5, 0.6) is 5.75 Å². The van der Waals surface area contributed by atoms with Crippen molar-refractivity contribution in [3.05, 3.63) is 59.2 Å². The molecule has 0 saturated carbocycles. The van der Waals surface area contributed by atoms with Crippen LogP contribution in [0.4, 0.5) is 5.69 Å². The average molecular weight is 297 g/mol. The lowest BCUT2D eigenvalue weighted by molar-refractivity contribution is -0.122. The van der Waals surface area contributed by atoms with Crippen LogP contribution in [0.3, 0.4) is 0 Å². The molecule has 2 rings (SSSR count). The Morgan fingerprint density at radius 3 is 2.45 bits per heavy atom. The summed E-state index contributed by atoms with van der Waals surface area (Å²) in [4.78, 5) is 12.2. The third-order valence-corrected chi connectivity index (χ3v) is 3.65. The summed E-state index contributed by atoms with van der Waals surface area (Å²) >= 11 is 0. The fourth-order valence-electron chi connectivity index (χ4n) is 2.15. The van der Waals surface area contributed by atoms with Crippen molar-refractivity contribution in [1.29, 1.82) is 0 Å². The molecular weight excluding hydrogens is 274 g/mol. The SMILES string of the molecule is CCc1ccc(NC(=O)C(C)Oc2cc(C)ccc2C)cc1. The fourth-order valence-corrected chi connectivity index (χ4v) is 2.15. The van der Waals surface area contributed by atoms with E-state index in [1.807, 2.05) is 56.3 Å². The third kappa shape index (κ3) is 4.10. The molecular formula is C19H23NO2. The third-order valence-electron chi connectivity index (χ3n) is 3.65. The van der Waals surface area contributed by atoms with E-state index in [0.717, 1.165) is 29.0 Å². The number of ether oxygens (including phenoxy) is 1. The van der Waals surface area contributed by atoms with Gasteiger partial charge in [-0.25, -0.2) is 0 Å². The summed E-state index contributed by atoms with van der Waals surface area (Å²) in [5.74, 6) is 0.606. The van der Waals surface area contributed by atoms with E-state index < -0.39 is 6.10 Å². The molecule has 1 unspecified atom stereocenters. The number of hydrogen-bond acceptors (Lipinski definition) is 2. The highest BCUT2D eigenvalue weighted by Crippen LogP contribution is 2.21. The minimum atomic E-state index is -0.550. The van der Waals surface area contributed by atoms with Gasteiger partial charge >= 0.3 is 0 Å². The van der Waals surface area contributed by atoms with Crippen molar-refractivity contribution in [3.8, 4) is 5.75 Å². The lowest BCUT2D eigenvalue weighted by Gasteiger charge is -2.17. The molecule has 2 aromatic rings. The Bertz CT molecular complexity index is 647. The molecule has 116 valence electrons. The monoisotopic (exact) mass is 297 g/mol. The Kier molecular flexibility index (Phi) is 5.21. The first-order valence-corrected chi connectivity index (χ1v) is 7.63. The molecule has 3 heteroatoms. The van der Waals surface area contributed by atoms with Gasteiger partial charge in [-0.2, -0.15) is 0 Å². The van der Waals surface area contributed by atoms with Crippen LogP contribution in [0.2, 0.25) is 0 Å². The quantitative estimate of drug-likeness (QED) is 0.895. The summed E-state index contributed by atoms with van der Waals surface area (Å²) in [7, 11) is 0. The lowest BCUT2D eigenvalue weighted by Crippen LogP contribution is -2.30. The zero-order valence-electron chi connectivity index (χ0n) is 13.6.